The Bertz CT molecular complexity index is 694. The third kappa shape index (κ3) is 5.17. The number of guanidine groups is 1. The van der Waals surface area contributed by atoms with Gasteiger partial charge in [0.05, 0.1) is 17.9 Å². The van der Waals surface area contributed by atoms with Crippen LogP contribution in [-0.4, -0.2) is 35.4 Å². The molecule has 0 amide bonds. The highest BCUT2D eigenvalue weighted by molar-refractivity contribution is 5.79. The highest BCUT2D eigenvalue weighted by Crippen LogP contribution is 2.13. The van der Waals surface area contributed by atoms with Crippen LogP contribution in [0.4, 0.5) is 0 Å². The molecule has 1 aromatic carbocycles. The molecule has 0 saturated heterocycles. The number of aliphatic imine (C=N–C) groups is 1. The number of nitrogens with one attached hydrogen (secondary N) is 2. The van der Waals surface area contributed by atoms with Crippen molar-refractivity contribution < 1.29 is 0 Å². The zero-order valence-corrected chi connectivity index (χ0v) is 14.4. The topological polar surface area (TPSA) is 54.2 Å². The van der Waals surface area contributed by atoms with E-state index in [-0.39, 0.29) is 0 Å². The molecule has 0 unspecified atom stereocenters. The Morgan fingerprint density at radius 1 is 1.29 bits per heavy atom. The van der Waals surface area contributed by atoms with Crippen LogP contribution < -0.4 is 10.6 Å². The van der Waals surface area contributed by atoms with Crippen molar-refractivity contribution in [3.8, 4) is 18.0 Å². The molecule has 0 fully saturated rings. The maximum Gasteiger partial charge on any atom is 0.192 e. The molecule has 2 aromatic rings. The van der Waals surface area contributed by atoms with Crippen molar-refractivity contribution in [3.05, 3.63) is 47.8 Å². The number of rotatable bonds is 7. The van der Waals surface area contributed by atoms with Gasteiger partial charge in [0, 0.05) is 19.3 Å². The molecule has 1 aromatic heterocycles. The minimum Gasteiger partial charge on any atom is -0.357 e. The number of hydrogen-bond acceptors (Lipinski definition) is 2. The first kappa shape index (κ1) is 17.6. The minimum absolute atomic E-state index is 0.481. The molecule has 0 radical (unpaired) electrons. The van der Waals surface area contributed by atoms with Crippen molar-refractivity contribution in [1.29, 1.82) is 0 Å². The summed E-state index contributed by atoms with van der Waals surface area (Å²) in [6, 6.07) is 10.2. The number of aryl methyl sites for hydroxylation is 2. The lowest BCUT2D eigenvalue weighted by Gasteiger charge is -2.08. The molecule has 2 N–H and O–H groups in total. The lowest BCUT2D eigenvalue weighted by Crippen LogP contribution is -2.37. The number of terminal acetylenes is 1. The smallest absolute Gasteiger partial charge is 0.192 e. The Labute approximate surface area is 144 Å². The molecule has 126 valence electrons. The highest BCUT2D eigenvalue weighted by atomic mass is 15.3. The van der Waals surface area contributed by atoms with Gasteiger partial charge in [0.1, 0.15) is 0 Å². The van der Waals surface area contributed by atoms with E-state index in [1.54, 1.807) is 0 Å². The van der Waals surface area contributed by atoms with Gasteiger partial charge in [-0.25, -0.2) is 4.68 Å². The van der Waals surface area contributed by atoms with Crippen LogP contribution in [0.2, 0.25) is 0 Å². The van der Waals surface area contributed by atoms with Crippen LogP contribution in [0.1, 0.15) is 24.6 Å². The summed E-state index contributed by atoms with van der Waals surface area (Å²) in [6.45, 7) is 6.13. The number of para-hydroxylation sites is 1. The normalized spacial score (nSPS) is 11.1. The SMILES string of the molecule is C#CCNC(=NCCCc1cn(-c2ccccc2)nc1C)NCC. The average Bonchev–Trinajstić information content (AvgIpc) is 2.98. The summed E-state index contributed by atoms with van der Waals surface area (Å²) in [5, 5.41) is 10.9. The monoisotopic (exact) mass is 323 g/mol. The summed E-state index contributed by atoms with van der Waals surface area (Å²) >= 11 is 0. The van der Waals surface area contributed by atoms with Crippen LogP contribution in [0.25, 0.3) is 5.69 Å². The Kier molecular flexibility index (Phi) is 6.91. The lowest BCUT2D eigenvalue weighted by molar-refractivity contribution is 0.801. The summed E-state index contributed by atoms with van der Waals surface area (Å²) in [5.74, 6) is 3.33. The molecular formula is C19H25N5. The quantitative estimate of drug-likeness (QED) is 0.356. The maximum absolute atomic E-state index is 5.27. The Hall–Kier alpha value is -2.74. The number of hydrogen-bond donors (Lipinski definition) is 2. The summed E-state index contributed by atoms with van der Waals surface area (Å²) in [5.41, 5.74) is 3.41. The van der Waals surface area contributed by atoms with Crippen molar-refractivity contribution in [1.82, 2.24) is 20.4 Å². The minimum atomic E-state index is 0.481. The second-order valence-electron chi connectivity index (χ2n) is 5.44. The first-order valence-corrected chi connectivity index (χ1v) is 8.30. The Morgan fingerprint density at radius 2 is 2.08 bits per heavy atom. The number of nitrogens with zero attached hydrogens (tertiary/aromatic N) is 3. The summed E-state index contributed by atoms with van der Waals surface area (Å²) < 4.78 is 1.94. The van der Waals surface area contributed by atoms with Crippen LogP contribution in [-0.2, 0) is 6.42 Å². The molecule has 0 spiro atoms. The van der Waals surface area contributed by atoms with E-state index in [1.165, 1.54) is 5.56 Å². The van der Waals surface area contributed by atoms with Crippen LogP contribution >= 0.6 is 0 Å². The van der Waals surface area contributed by atoms with Crippen molar-refractivity contribution in [2.45, 2.75) is 26.7 Å². The predicted molar refractivity (Wildman–Crippen MR) is 99.4 cm³/mol. The number of benzene rings is 1. The van der Waals surface area contributed by atoms with E-state index in [0.717, 1.165) is 43.3 Å². The molecule has 24 heavy (non-hydrogen) atoms. The van der Waals surface area contributed by atoms with Gasteiger partial charge in [-0.15, -0.1) is 6.42 Å². The van der Waals surface area contributed by atoms with E-state index in [0.29, 0.717) is 6.54 Å². The molecular weight excluding hydrogens is 298 g/mol. The van der Waals surface area contributed by atoms with Crippen molar-refractivity contribution >= 4 is 5.96 Å². The van der Waals surface area contributed by atoms with Crippen molar-refractivity contribution in [3.63, 3.8) is 0 Å². The zero-order chi connectivity index (χ0) is 17.2. The summed E-state index contributed by atoms with van der Waals surface area (Å²) in [7, 11) is 0. The molecule has 5 nitrogen and oxygen atoms in total. The third-order valence-corrected chi connectivity index (χ3v) is 3.60. The largest absolute Gasteiger partial charge is 0.357 e. The van der Waals surface area contributed by atoms with E-state index in [4.69, 9.17) is 6.42 Å². The predicted octanol–water partition coefficient (Wildman–Crippen LogP) is 2.30. The molecule has 0 aliphatic rings. The van der Waals surface area contributed by atoms with E-state index in [1.807, 2.05) is 29.8 Å². The Morgan fingerprint density at radius 3 is 2.79 bits per heavy atom. The fourth-order valence-corrected chi connectivity index (χ4v) is 2.39. The summed E-state index contributed by atoms with van der Waals surface area (Å²) in [6.07, 6.45) is 9.29. The molecule has 0 atom stereocenters. The fraction of sp³-hybridized carbons (Fsp3) is 0.368. The molecule has 0 aliphatic heterocycles. The van der Waals surface area contributed by atoms with Crippen LogP contribution in [0.5, 0.6) is 0 Å². The van der Waals surface area contributed by atoms with Gasteiger partial charge < -0.3 is 10.6 Å². The molecule has 1 heterocycles. The van der Waals surface area contributed by atoms with E-state index >= 15 is 0 Å². The maximum atomic E-state index is 5.27. The van der Waals surface area contributed by atoms with Gasteiger partial charge in [0.25, 0.3) is 0 Å². The van der Waals surface area contributed by atoms with Gasteiger partial charge in [-0.1, -0.05) is 24.1 Å². The molecule has 5 heteroatoms. The first-order chi connectivity index (χ1) is 11.7. The second-order valence-corrected chi connectivity index (χ2v) is 5.44. The van der Waals surface area contributed by atoms with Gasteiger partial charge in [-0.05, 0) is 44.4 Å². The first-order valence-electron chi connectivity index (χ1n) is 8.30. The van der Waals surface area contributed by atoms with Crippen molar-refractivity contribution in [2.24, 2.45) is 4.99 Å². The summed E-state index contributed by atoms with van der Waals surface area (Å²) in [4.78, 5) is 4.53. The lowest BCUT2D eigenvalue weighted by atomic mass is 10.1. The fourth-order valence-electron chi connectivity index (χ4n) is 2.39. The molecule has 0 bridgehead atoms. The second kappa shape index (κ2) is 9.41. The number of aromatic nitrogens is 2. The van der Waals surface area contributed by atoms with E-state index in [2.05, 4.69) is 51.9 Å². The van der Waals surface area contributed by atoms with E-state index < -0.39 is 0 Å². The molecule has 2 rings (SSSR count). The third-order valence-electron chi connectivity index (χ3n) is 3.60. The zero-order valence-electron chi connectivity index (χ0n) is 14.4. The van der Waals surface area contributed by atoms with Crippen LogP contribution in [0.3, 0.4) is 0 Å². The van der Waals surface area contributed by atoms with Crippen LogP contribution in [0, 0.1) is 19.3 Å². The van der Waals surface area contributed by atoms with Gasteiger partial charge in [-0.3, -0.25) is 4.99 Å². The highest BCUT2D eigenvalue weighted by Gasteiger charge is 2.06. The van der Waals surface area contributed by atoms with E-state index in [9.17, 15) is 0 Å². The Balaban J connectivity index is 1.90. The van der Waals surface area contributed by atoms with Gasteiger partial charge in [-0.2, -0.15) is 5.10 Å². The van der Waals surface area contributed by atoms with Gasteiger partial charge in [0.2, 0.25) is 0 Å². The molecule has 0 aliphatic carbocycles. The van der Waals surface area contributed by atoms with Crippen LogP contribution in [0.15, 0.2) is 41.5 Å². The van der Waals surface area contributed by atoms with Crippen molar-refractivity contribution in [2.75, 3.05) is 19.6 Å². The van der Waals surface area contributed by atoms with Gasteiger partial charge in [0.15, 0.2) is 5.96 Å². The standard InChI is InChI=1S/C19H25N5/c1-4-13-21-19(20-5-2)22-14-9-10-17-15-24(23-16(17)3)18-11-7-6-8-12-18/h1,6-8,11-12,15H,5,9-10,13-14H2,2-3H3,(H2,20,21,22). The van der Waals surface area contributed by atoms with Gasteiger partial charge >= 0.3 is 0 Å². The average molecular weight is 323 g/mol. The molecule has 0 saturated carbocycles.